The number of amides is 2. The van der Waals surface area contributed by atoms with Crippen LogP contribution < -0.4 is 5.32 Å². The molecule has 2 aliphatic rings. The van der Waals surface area contributed by atoms with Crippen molar-refractivity contribution in [2.75, 3.05) is 31.5 Å². The first-order valence-electron chi connectivity index (χ1n) is 15.2. The van der Waals surface area contributed by atoms with Crippen LogP contribution in [0.5, 0.6) is 0 Å². The Labute approximate surface area is 258 Å². The van der Waals surface area contributed by atoms with Crippen LogP contribution in [0.1, 0.15) is 65.6 Å². The molecule has 12 heteroatoms. The van der Waals surface area contributed by atoms with Gasteiger partial charge < -0.3 is 10.2 Å². The van der Waals surface area contributed by atoms with Crippen LogP contribution in [0, 0.1) is 6.92 Å². The maximum absolute atomic E-state index is 13.4. The van der Waals surface area contributed by atoms with Crippen molar-refractivity contribution in [2.24, 2.45) is 0 Å². The van der Waals surface area contributed by atoms with E-state index in [4.69, 9.17) is 4.98 Å². The highest BCUT2D eigenvalue weighted by Gasteiger charge is 2.32. The third-order valence-electron chi connectivity index (χ3n) is 8.42. The van der Waals surface area contributed by atoms with Gasteiger partial charge in [0.2, 0.25) is 5.91 Å². The van der Waals surface area contributed by atoms with Crippen molar-refractivity contribution < 1.29 is 22.8 Å². The Hall–Kier alpha value is -4.58. The number of alkyl halides is 3. The topological polar surface area (TPSA) is 95.7 Å². The maximum atomic E-state index is 13.4. The highest BCUT2D eigenvalue weighted by Crippen LogP contribution is 2.35. The Bertz CT molecular complexity index is 1730. The van der Waals surface area contributed by atoms with Crippen molar-refractivity contribution in [1.82, 2.24) is 29.2 Å². The Kier molecular flexibility index (Phi) is 8.66. The molecule has 6 rings (SSSR count). The minimum Gasteiger partial charge on any atom is -0.329 e. The lowest BCUT2D eigenvalue weighted by molar-refractivity contribution is -0.137. The van der Waals surface area contributed by atoms with Crippen LogP contribution in [0.15, 0.2) is 67.1 Å². The van der Waals surface area contributed by atoms with Crippen molar-refractivity contribution in [3.8, 4) is 11.3 Å². The molecule has 2 fully saturated rings. The molecule has 2 saturated heterocycles. The van der Waals surface area contributed by atoms with E-state index in [1.54, 1.807) is 36.5 Å². The summed E-state index contributed by atoms with van der Waals surface area (Å²) in [6.45, 7) is 5.46. The molecule has 4 aromatic rings. The first-order valence-corrected chi connectivity index (χ1v) is 15.2. The summed E-state index contributed by atoms with van der Waals surface area (Å²) in [6.07, 6.45) is 8.79. The zero-order chi connectivity index (χ0) is 31.6. The Morgan fingerprint density at radius 2 is 1.76 bits per heavy atom. The Balaban J connectivity index is 1.25. The highest BCUT2D eigenvalue weighted by atomic mass is 19.4. The predicted octanol–water partition coefficient (Wildman–Crippen LogP) is 6.08. The third kappa shape index (κ3) is 6.60. The summed E-state index contributed by atoms with van der Waals surface area (Å²) in [5.41, 5.74) is 2.34. The van der Waals surface area contributed by atoms with E-state index in [-0.39, 0.29) is 23.3 Å². The lowest BCUT2D eigenvalue weighted by atomic mass is 10.0. The number of nitrogens with one attached hydrogen (secondary N) is 1. The average Bonchev–Trinajstić information content (AvgIpc) is 3.70. The number of carbonyl (C=O) groups is 2. The van der Waals surface area contributed by atoms with Crippen LogP contribution >= 0.6 is 0 Å². The number of benzene rings is 1. The summed E-state index contributed by atoms with van der Waals surface area (Å²) < 4.78 is 41.2. The van der Waals surface area contributed by atoms with Gasteiger partial charge in [0, 0.05) is 48.9 Å². The fourth-order valence-corrected chi connectivity index (χ4v) is 6.13. The van der Waals surface area contributed by atoms with E-state index in [2.05, 4.69) is 20.2 Å². The molecule has 5 heterocycles. The monoisotopic (exact) mass is 617 g/mol. The number of carbonyl (C=O) groups excluding carboxylic acids is 2. The fourth-order valence-electron chi connectivity index (χ4n) is 6.13. The Morgan fingerprint density at radius 1 is 1.00 bits per heavy atom. The second-order valence-corrected chi connectivity index (χ2v) is 11.5. The number of anilines is 1. The summed E-state index contributed by atoms with van der Waals surface area (Å²) in [6, 6.07) is 8.11. The third-order valence-corrected chi connectivity index (χ3v) is 8.42. The average molecular weight is 618 g/mol. The molecule has 0 saturated carbocycles. The molecule has 2 aliphatic heterocycles. The number of rotatable bonds is 7. The van der Waals surface area contributed by atoms with E-state index in [1.165, 1.54) is 12.8 Å². The number of hydrogen-bond acceptors (Lipinski definition) is 6. The number of hydrogen-bond donors (Lipinski definition) is 1. The lowest BCUT2D eigenvalue weighted by Crippen LogP contribution is -2.38. The number of aromatic nitrogens is 4. The molecular formula is C33H34F3N7O2. The summed E-state index contributed by atoms with van der Waals surface area (Å²) in [4.78, 5) is 43.9. The number of piperidine rings is 1. The van der Waals surface area contributed by atoms with Crippen molar-refractivity contribution in [2.45, 2.75) is 51.2 Å². The van der Waals surface area contributed by atoms with Crippen LogP contribution in [0.4, 0.5) is 19.0 Å². The standard InChI is InChI=1S/C33H34F3N7O2/c1-22-30-29(23-9-11-24(12-10-23)32(45)39-27-21-25(13-14-38-27)33(34,35)36)40-31(43(30)20-15-37-22)26-7-2-3-19-42(26)28(44)8-6-18-41-16-4-5-17-41/h6,8-15,20-21,26H,2-5,7,16-19H2,1H3,(H,38,39,45)/t26-/m0/s1. The first-order chi connectivity index (χ1) is 21.7. The number of nitrogens with zero attached hydrogens (tertiary/aromatic N) is 6. The second kappa shape index (κ2) is 12.8. The van der Waals surface area contributed by atoms with Crippen LogP contribution in [0.25, 0.3) is 16.8 Å². The fraction of sp³-hybridized carbons (Fsp3) is 0.364. The molecule has 0 unspecified atom stereocenters. The SMILES string of the molecule is Cc1nccn2c([C@@H]3CCCCN3C(=O)C=CCN3CCCC3)nc(-c3ccc(C(=O)Nc4cc(C(F)(F)F)ccn4)cc3)c12. The van der Waals surface area contributed by atoms with Crippen molar-refractivity contribution in [1.29, 1.82) is 0 Å². The molecule has 1 N–H and O–H groups in total. The molecular weight excluding hydrogens is 583 g/mol. The van der Waals surface area contributed by atoms with Gasteiger partial charge >= 0.3 is 6.18 Å². The molecule has 1 aromatic carbocycles. The van der Waals surface area contributed by atoms with Crippen molar-refractivity contribution in [3.05, 3.63) is 89.8 Å². The zero-order valence-electron chi connectivity index (χ0n) is 24.9. The van der Waals surface area contributed by atoms with Crippen LogP contribution in [-0.4, -0.2) is 67.1 Å². The molecule has 0 aliphatic carbocycles. The molecule has 2 amide bonds. The maximum Gasteiger partial charge on any atom is 0.416 e. The molecule has 45 heavy (non-hydrogen) atoms. The minimum absolute atomic E-state index is 0.0198. The summed E-state index contributed by atoms with van der Waals surface area (Å²) in [7, 11) is 0. The summed E-state index contributed by atoms with van der Waals surface area (Å²) in [5.74, 6) is -0.0453. The van der Waals surface area contributed by atoms with E-state index in [9.17, 15) is 22.8 Å². The molecule has 9 nitrogen and oxygen atoms in total. The molecule has 0 radical (unpaired) electrons. The van der Waals surface area contributed by atoms with Gasteiger partial charge in [-0.25, -0.2) is 9.97 Å². The second-order valence-electron chi connectivity index (χ2n) is 11.5. The van der Waals surface area contributed by atoms with Gasteiger partial charge in [-0.3, -0.25) is 23.9 Å². The lowest BCUT2D eigenvalue weighted by Gasteiger charge is -2.34. The van der Waals surface area contributed by atoms with Crippen LogP contribution in [0.2, 0.25) is 0 Å². The van der Waals surface area contributed by atoms with Gasteiger partial charge in [0.1, 0.15) is 11.6 Å². The van der Waals surface area contributed by atoms with E-state index >= 15 is 0 Å². The Morgan fingerprint density at radius 3 is 2.51 bits per heavy atom. The van der Waals surface area contributed by atoms with Gasteiger partial charge in [-0.2, -0.15) is 13.2 Å². The predicted molar refractivity (Wildman–Crippen MR) is 163 cm³/mol. The van der Waals surface area contributed by atoms with Gasteiger partial charge in [-0.15, -0.1) is 0 Å². The largest absolute Gasteiger partial charge is 0.416 e. The van der Waals surface area contributed by atoms with Gasteiger partial charge in [0.05, 0.1) is 28.5 Å². The molecule has 0 bridgehead atoms. The minimum atomic E-state index is -4.55. The number of halogens is 3. The quantitative estimate of drug-likeness (QED) is 0.253. The van der Waals surface area contributed by atoms with E-state index in [1.807, 2.05) is 28.5 Å². The smallest absolute Gasteiger partial charge is 0.329 e. The van der Waals surface area contributed by atoms with Gasteiger partial charge in [0.25, 0.3) is 5.91 Å². The van der Waals surface area contributed by atoms with E-state index in [0.717, 1.165) is 79.8 Å². The molecule has 1 atom stereocenters. The van der Waals surface area contributed by atoms with Gasteiger partial charge in [-0.05, 0) is 76.4 Å². The zero-order valence-corrected chi connectivity index (χ0v) is 24.9. The van der Waals surface area contributed by atoms with Crippen LogP contribution in [-0.2, 0) is 11.0 Å². The number of pyridine rings is 1. The number of imidazole rings is 1. The van der Waals surface area contributed by atoms with E-state index < -0.39 is 17.6 Å². The van der Waals surface area contributed by atoms with E-state index in [0.29, 0.717) is 12.2 Å². The van der Waals surface area contributed by atoms with Crippen LogP contribution in [0.3, 0.4) is 0 Å². The van der Waals surface area contributed by atoms with Crippen molar-refractivity contribution in [3.63, 3.8) is 0 Å². The number of aryl methyl sites for hydroxylation is 1. The van der Waals surface area contributed by atoms with Gasteiger partial charge in [0.15, 0.2) is 0 Å². The highest BCUT2D eigenvalue weighted by molar-refractivity contribution is 6.04. The molecule has 234 valence electrons. The normalized spacial score (nSPS) is 17.8. The number of likely N-dealkylation sites (tertiary alicyclic amines) is 2. The summed E-state index contributed by atoms with van der Waals surface area (Å²) >= 11 is 0. The molecule has 3 aromatic heterocycles. The van der Waals surface area contributed by atoms with Gasteiger partial charge in [-0.1, -0.05) is 18.2 Å². The summed E-state index contributed by atoms with van der Waals surface area (Å²) in [5, 5.41) is 2.44. The number of fused-ring (bicyclic) bond motifs is 1. The van der Waals surface area contributed by atoms with Crippen molar-refractivity contribution >= 4 is 23.1 Å². The first kappa shape index (κ1) is 30.4. The molecule has 0 spiro atoms.